The van der Waals surface area contributed by atoms with Gasteiger partial charge in [-0.25, -0.2) is 4.39 Å². The van der Waals surface area contributed by atoms with Crippen LogP contribution in [0.4, 0.5) is 10.1 Å². The molecule has 0 saturated carbocycles. The molecule has 0 radical (unpaired) electrons. The van der Waals surface area contributed by atoms with Crippen molar-refractivity contribution in [3.8, 4) is 23.0 Å². The van der Waals surface area contributed by atoms with Crippen molar-refractivity contribution in [3.63, 3.8) is 0 Å². The molecule has 0 aliphatic carbocycles. The first kappa shape index (κ1) is 25.8. The molecular formula is C27H23ClFNO7. The van der Waals surface area contributed by atoms with Gasteiger partial charge in [-0.05, 0) is 61.0 Å². The smallest absolute Gasteiger partial charge is 0.300 e. The molecule has 3 aromatic rings. The fraction of sp³-hybridized carbons (Fsp3) is 0.185. The first-order valence-corrected chi connectivity index (χ1v) is 11.5. The number of phenols is 1. The SMILES string of the molecule is CCOc1cc(C2/C(=C(\O)c3ccc(OC)c(OC)c3)C(=O)C(=O)N2c2ccc(F)c(Cl)c2)ccc1O. The molecule has 8 nitrogen and oxygen atoms in total. The normalized spacial score (nSPS) is 16.7. The van der Waals surface area contributed by atoms with Crippen molar-refractivity contribution in [2.75, 3.05) is 25.7 Å². The average molecular weight is 528 g/mol. The number of hydrogen-bond acceptors (Lipinski definition) is 7. The summed E-state index contributed by atoms with van der Waals surface area (Å²) in [6.07, 6.45) is 0. The zero-order valence-corrected chi connectivity index (χ0v) is 20.9. The summed E-state index contributed by atoms with van der Waals surface area (Å²) in [6, 6.07) is 11.3. The molecule has 0 spiro atoms. The summed E-state index contributed by atoms with van der Waals surface area (Å²) in [5, 5.41) is 21.3. The summed E-state index contributed by atoms with van der Waals surface area (Å²) in [5.41, 5.74) is 0.450. The number of aliphatic hydroxyl groups excluding tert-OH is 1. The van der Waals surface area contributed by atoms with E-state index in [0.29, 0.717) is 17.1 Å². The molecule has 1 atom stereocenters. The third-order valence-corrected chi connectivity index (χ3v) is 6.17. The van der Waals surface area contributed by atoms with Crippen molar-refractivity contribution < 1.29 is 38.4 Å². The van der Waals surface area contributed by atoms with Gasteiger partial charge in [0, 0.05) is 11.3 Å². The monoisotopic (exact) mass is 527 g/mol. The molecule has 1 unspecified atom stereocenters. The number of ketones is 1. The van der Waals surface area contributed by atoms with Crippen LogP contribution in [0.15, 0.2) is 60.2 Å². The molecule has 1 aliphatic rings. The van der Waals surface area contributed by atoms with E-state index < -0.39 is 29.3 Å². The number of Topliss-reactive ketones (excluding diaryl/α,β-unsaturated/α-hetero) is 1. The standard InChI is InChI=1S/C27H23ClFNO7/c1-4-37-21-11-14(5-9-19(21)31)24-23(25(32)15-6-10-20(35-2)22(12-15)36-3)26(33)27(34)30(24)16-7-8-18(29)17(28)13-16/h5-13,24,31-32H,4H2,1-3H3/b25-23+. The van der Waals surface area contributed by atoms with E-state index in [4.69, 9.17) is 25.8 Å². The maximum absolute atomic E-state index is 13.9. The van der Waals surface area contributed by atoms with Crippen molar-refractivity contribution in [1.82, 2.24) is 0 Å². The molecule has 1 aliphatic heterocycles. The van der Waals surface area contributed by atoms with Crippen molar-refractivity contribution in [3.05, 3.63) is 82.1 Å². The largest absolute Gasteiger partial charge is 0.507 e. The molecular weight excluding hydrogens is 505 g/mol. The number of carbonyl (C=O) groups is 2. The minimum atomic E-state index is -1.16. The highest BCUT2D eigenvalue weighted by molar-refractivity contribution is 6.51. The number of ether oxygens (including phenoxy) is 3. The van der Waals surface area contributed by atoms with Gasteiger partial charge in [-0.2, -0.15) is 0 Å². The summed E-state index contributed by atoms with van der Waals surface area (Å²) in [5.74, 6) is -2.42. The molecule has 10 heteroatoms. The van der Waals surface area contributed by atoms with Gasteiger partial charge in [-0.3, -0.25) is 14.5 Å². The van der Waals surface area contributed by atoms with Crippen molar-refractivity contribution in [1.29, 1.82) is 0 Å². The number of rotatable bonds is 7. The van der Waals surface area contributed by atoms with Crippen LogP contribution >= 0.6 is 11.6 Å². The first-order valence-electron chi connectivity index (χ1n) is 11.2. The summed E-state index contributed by atoms with van der Waals surface area (Å²) in [7, 11) is 2.88. The predicted molar refractivity (Wildman–Crippen MR) is 135 cm³/mol. The minimum absolute atomic E-state index is 0.119. The Balaban J connectivity index is 1.97. The van der Waals surface area contributed by atoms with Gasteiger partial charge < -0.3 is 24.4 Å². The summed E-state index contributed by atoms with van der Waals surface area (Å²) in [6.45, 7) is 1.98. The Hall–Kier alpha value is -4.24. The van der Waals surface area contributed by atoms with Gasteiger partial charge in [0.25, 0.3) is 11.7 Å². The number of amides is 1. The third-order valence-electron chi connectivity index (χ3n) is 5.88. The molecule has 2 N–H and O–H groups in total. The second-order valence-corrected chi connectivity index (χ2v) is 8.40. The second kappa shape index (κ2) is 10.4. The number of aliphatic hydroxyl groups is 1. The topological polar surface area (TPSA) is 106 Å². The average Bonchev–Trinajstić information content (AvgIpc) is 3.16. The van der Waals surface area contributed by atoms with Gasteiger partial charge >= 0.3 is 0 Å². The van der Waals surface area contributed by atoms with Crippen LogP contribution in [0.2, 0.25) is 5.02 Å². The summed E-state index contributed by atoms with van der Waals surface area (Å²) >= 11 is 5.98. The van der Waals surface area contributed by atoms with Crippen LogP contribution < -0.4 is 19.1 Å². The second-order valence-electron chi connectivity index (χ2n) is 8.00. The van der Waals surface area contributed by atoms with Crippen LogP contribution in [0, 0.1) is 5.82 Å². The highest BCUT2D eigenvalue weighted by Gasteiger charge is 2.47. The van der Waals surface area contributed by atoms with Gasteiger partial charge in [0.15, 0.2) is 23.0 Å². The lowest BCUT2D eigenvalue weighted by molar-refractivity contribution is -0.132. The molecule has 192 valence electrons. The lowest BCUT2D eigenvalue weighted by atomic mass is 9.94. The van der Waals surface area contributed by atoms with E-state index in [1.807, 2.05) is 0 Å². The van der Waals surface area contributed by atoms with E-state index in [9.17, 15) is 24.2 Å². The van der Waals surface area contributed by atoms with Crippen molar-refractivity contribution in [2.45, 2.75) is 13.0 Å². The Kier molecular flexibility index (Phi) is 7.26. The van der Waals surface area contributed by atoms with Gasteiger partial charge in [-0.1, -0.05) is 17.7 Å². The number of methoxy groups -OCH3 is 2. The Labute approximate surface area is 217 Å². The molecule has 0 aromatic heterocycles. The molecule has 37 heavy (non-hydrogen) atoms. The Morgan fingerprint density at radius 3 is 2.38 bits per heavy atom. The first-order chi connectivity index (χ1) is 17.7. The number of phenolic OH excluding ortho intramolecular Hbond substituents is 1. The van der Waals surface area contributed by atoms with E-state index in [1.54, 1.807) is 13.0 Å². The Morgan fingerprint density at radius 2 is 1.73 bits per heavy atom. The number of halogens is 2. The fourth-order valence-corrected chi connectivity index (χ4v) is 4.33. The van der Waals surface area contributed by atoms with Gasteiger partial charge in [-0.15, -0.1) is 0 Å². The van der Waals surface area contributed by atoms with Crippen molar-refractivity contribution >= 4 is 34.7 Å². The minimum Gasteiger partial charge on any atom is -0.507 e. The lowest BCUT2D eigenvalue weighted by Crippen LogP contribution is -2.29. The summed E-state index contributed by atoms with van der Waals surface area (Å²) in [4.78, 5) is 27.8. The van der Waals surface area contributed by atoms with Crippen LogP contribution in [-0.4, -0.2) is 42.7 Å². The molecule has 3 aromatic carbocycles. The van der Waals surface area contributed by atoms with E-state index >= 15 is 0 Å². The van der Waals surface area contributed by atoms with Crippen LogP contribution in [-0.2, 0) is 9.59 Å². The van der Waals surface area contributed by atoms with Gasteiger partial charge in [0.05, 0.1) is 37.5 Å². The molecule has 1 fully saturated rings. The maximum Gasteiger partial charge on any atom is 0.300 e. The number of hydrogen-bond donors (Lipinski definition) is 2. The number of nitrogens with zero attached hydrogens (tertiary/aromatic N) is 1. The van der Waals surface area contributed by atoms with E-state index in [0.717, 1.165) is 11.0 Å². The molecule has 1 heterocycles. The van der Waals surface area contributed by atoms with Crippen LogP contribution in [0.5, 0.6) is 23.0 Å². The Bertz CT molecular complexity index is 1420. The van der Waals surface area contributed by atoms with Crippen LogP contribution in [0.25, 0.3) is 5.76 Å². The lowest BCUT2D eigenvalue weighted by Gasteiger charge is -2.26. The molecule has 1 saturated heterocycles. The maximum atomic E-state index is 13.9. The predicted octanol–water partition coefficient (Wildman–Crippen LogP) is 5.23. The molecule has 1 amide bonds. The summed E-state index contributed by atoms with van der Waals surface area (Å²) < 4.78 is 29.9. The van der Waals surface area contributed by atoms with Gasteiger partial charge in [0.2, 0.25) is 0 Å². The Morgan fingerprint density at radius 1 is 1.00 bits per heavy atom. The quantitative estimate of drug-likeness (QED) is 0.246. The number of anilines is 1. The number of benzene rings is 3. The zero-order valence-electron chi connectivity index (χ0n) is 20.1. The highest BCUT2D eigenvalue weighted by Crippen LogP contribution is 2.45. The van der Waals surface area contributed by atoms with E-state index in [2.05, 4.69) is 0 Å². The fourth-order valence-electron chi connectivity index (χ4n) is 4.16. The molecule has 4 rings (SSSR count). The third kappa shape index (κ3) is 4.65. The van der Waals surface area contributed by atoms with E-state index in [-0.39, 0.29) is 40.0 Å². The van der Waals surface area contributed by atoms with Crippen molar-refractivity contribution in [2.24, 2.45) is 0 Å². The highest BCUT2D eigenvalue weighted by atomic mass is 35.5. The zero-order chi connectivity index (χ0) is 26.9. The van der Waals surface area contributed by atoms with Crippen LogP contribution in [0.1, 0.15) is 24.1 Å². The van der Waals surface area contributed by atoms with E-state index in [1.165, 1.54) is 56.7 Å². The number of aromatic hydroxyl groups is 1. The molecule has 0 bridgehead atoms. The number of carbonyl (C=O) groups excluding carboxylic acids is 2. The van der Waals surface area contributed by atoms with Crippen LogP contribution in [0.3, 0.4) is 0 Å². The van der Waals surface area contributed by atoms with Gasteiger partial charge in [0.1, 0.15) is 11.6 Å².